The minimum absolute atomic E-state index is 0.0402. The summed E-state index contributed by atoms with van der Waals surface area (Å²) in [6.07, 6.45) is 0.801. The molecule has 0 aliphatic carbocycles. The highest BCUT2D eigenvalue weighted by Gasteiger charge is 2.41. The molecule has 0 aromatic heterocycles. The molecular formula is C16H25FN2O2. The largest absolute Gasteiger partial charge is 0.494 e. The molecule has 1 aliphatic heterocycles. The number of halogens is 1. The fourth-order valence-corrected chi connectivity index (χ4v) is 3.40. The van der Waals surface area contributed by atoms with Crippen molar-refractivity contribution in [2.24, 2.45) is 17.7 Å². The Labute approximate surface area is 125 Å². The van der Waals surface area contributed by atoms with Gasteiger partial charge < -0.3 is 9.47 Å². The Bertz CT molecular complexity index is 483. The number of methoxy groups -OCH3 is 1. The minimum atomic E-state index is -0.312. The summed E-state index contributed by atoms with van der Waals surface area (Å²) in [5, 5.41) is 0. The van der Waals surface area contributed by atoms with Crippen molar-refractivity contribution in [1.82, 2.24) is 5.43 Å². The molecule has 0 spiro atoms. The monoisotopic (exact) mass is 296 g/mol. The fraction of sp³-hybridized carbons (Fsp3) is 0.625. The predicted molar refractivity (Wildman–Crippen MR) is 80.4 cm³/mol. The van der Waals surface area contributed by atoms with Crippen LogP contribution in [-0.2, 0) is 11.2 Å². The van der Waals surface area contributed by atoms with Crippen LogP contribution in [0, 0.1) is 17.7 Å². The van der Waals surface area contributed by atoms with E-state index >= 15 is 0 Å². The summed E-state index contributed by atoms with van der Waals surface area (Å²) in [4.78, 5) is 0. The van der Waals surface area contributed by atoms with Crippen LogP contribution in [0.25, 0.3) is 0 Å². The average Bonchev–Trinajstić information content (AvgIpc) is 2.72. The van der Waals surface area contributed by atoms with Gasteiger partial charge in [0.15, 0.2) is 11.6 Å². The molecule has 118 valence electrons. The van der Waals surface area contributed by atoms with Crippen molar-refractivity contribution in [3.8, 4) is 5.75 Å². The van der Waals surface area contributed by atoms with Gasteiger partial charge in [-0.2, -0.15) is 0 Å². The Hall–Kier alpha value is -1.17. The summed E-state index contributed by atoms with van der Waals surface area (Å²) in [5.74, 6) is 6.30. The third kappa shape index (κ3) is 3.20. The molecule has 5 heteroatoms. The van der Waals surface area contributed by atoms with Crippen molar-refractivity contribution < 1.29 is 13.9 Å². The number of nitrogens with two attached hydrogens (primary N) is 1. The first kappa shape index (κ1) is 16.2. The second-order valence-corrected chi connectivity index (χ2v) is 5.89. The lowest BCUT2D eigenvalue weighted by Crippen LogP contribution is -2.46. The van der Waals surface area contributed by atoms with E-state index in [4.69, 9.17) is 15.3 Å². The third-order valence-corrected chi connectivity index (χ3v) is 4.70. The predicted octanol–water partition coefficient (Wildman–Crippen LogP) is 2.27. The van der Waals surface area contributed by atoms with Gasteiger partial charge in [0.1, 0.15) is 0 Å². The Balaban J connectivity index is 2.20. The molecule has 0 saturated carbocycles. The van der Waals surface area contributed by atoms with Crippen LogP contribution in [0.1, 0.15) is 26.3 Å². The summed E-state index contributed by atoms with van der Waals surface area (Å²) < 4.78 is 25.2. The van der Waals surface area contributed by atoms with E-state index in [2.05, 4.69) is 26.2 Å². The normalized spacial score (nSPS) is 30.4. The molecule has 5 unspecified atom stereocenters. The van der Waals surface area contributed by atoms with Crippen molar-refractivity contribution in [3.05, 3.63) is 29.6 Å². The van der Waals surface area contributed by atoms with Crippen LogP contribution in [0.5, 0.6) is 5.75 Å². The second-order valence-electron chi connectivity index (χ2n) is 5.89. The SMILES string of the molecule is COc1cccc(CC(NN)C2C(C)OC(C)C2C)c1F. The summed E-state index contributed by atoms with van der Waals surface area (Å²) in [6.45, 7) is 6.28. The number of rotatable bonds is 5. The highest BCUT2D eigenvalue weighted by Crippen LogP contribution is 2.35. The lowest BCUT2D eigenvalue weighted by Gasteiger charge is -2.28. The molecule has 5 atom stereocenters. The lowest BCUT2D eigenvalue weighted by molar-refractivity contribution is 0.0475. The van der Waals surface area contributed by atoms with Crippen molar-refractivity contribution in [2.75, 3.05) is 7.11 Å². The van der Waals surface area contributed by atoms with Crippen molar-refractivity contribution in [2.45, 2.75) is 45.4 Å². The third-order valence-electron chi connectivity index (χ3n) is 4.70. The highest BCUT2D eigenvalue weighted by molar-refractivity contribution is 5.31. The Morgan fingerprint density at radius 2 is 2.05 bits per heavy atom. The first-order chi connectivity index (χ1) is 9.99. The van der Waals surface area contributed by atoms with Gasteiger partial charge in [-0.3, -0.25) is 11.3 Å². The molecule has 1 heterocycles. The van der Waals surface area contributed by atoms with Crippen LogP contribution >= 0.6 is 0 Å². The van der Waals surface area contributed by atoms with Crippen LogP contribution in [0.4, 0.5) is 4.39 Å². The first-order valence-corrected chi connectivity index (χ1v) is 7.42. The van der Waals surface area contributed by atoms with Gasteiger partial charge in [0, 0.05) is 12.0 Å². The molecule has 3 N–H and O–H groups in total. The quantitative estimate of drug-likeness (QED) is 0.646. The Morgan fingerprint density at radius 3 is 2.57 bits per heavy atom. The number of nitrogens with one attached hydrogen (secondary N) is 1. The number of benzene rings is 1. The summed E-state index contributed by atoms with van der Waals surface area (Å²) in [6, 6.07) is 5.15. The van der Waals surface area contributed by atoms with Gasteiger partial charge in [-0.15, -0.1) is 0 Å². The molecule has 0 radical (unpaired) electrons. The molecule has 2 rings (SSSR count). The maximum atomic E-state index is 14.3. The molecule has 1 fully saturated rings. The van der Waals surface area contributed by atoms with E-state index in [9.17, 15) is 4.39 Å². The smallest absolute Gasteiger partial charge is 0.168 e. The van der Waals surface area contributed by atoms with E-state index in [-0.39, 0.29) is 35.7 Å². The highest BCUT2D eigenvalue weighted by atomic mass is 19.1. The van der Waals surface area contributed by atoms with E-state index in [0.29, 0.717) is 17.9 Å². The molecule has 1 aromatic carbocycles. The zero-order valence-electron chi connectivity index (χ0n) is 13.1. The van der Waals surface area contributed by atoms with Crippen LogP contribution in [0.15, 0.2) is 18.2 Å². The number of ether oxygens (including phenoxy) is 2. The Morgan fingerprint density at radius 1 is 1.33 bits per heavy atom. The number of hydrazine groups is 1. The van der Waals surface area contributed by atoms with E-state index in [0.717, 1.165) is 0 Å². The molecule has 1 aliphatic rings. The first-order valence-electron chi connectivity index (χ1n) is 7.42. The molecule has 4 nitrogen and oxygen atoms in total. The van der Waals surface area contributed by atoms with Crippen LogP contribution in [-0.4, -0.2) is 25.4 Å². The van der Waals surface area contributed by atoms with Crippen molar-refractivity contribution in [1.29, 1.82) is 0 Å². The van der Waals surface area contributed by atoms with Crippen molar-refractivity contribution in [3.63, 3.8) is 0 Å². The van der Waals surface area contributed by atoms with E-state index in [1.54, 1.807) is 18.2 Å². The molecule has 0 amide bonds. The van der Waals surface area contributed by atoms with Gasteiger partial charge in [-0.1, -0.05) is 19.1 Å². The summed E-state index contributed by atoms with van der Waals surface area (Å²) >= 11 is 0. The number of hydrogen-bond acceptors (Lipinski definition) is 4. The van der Waals surface area contributed by atoms with E-state index in [1.165, 1.54) is 7.11 Å². The van der Waals surface area contributed by atoms with Gasteiger partial charge in [0.2, 0.25) is 0 Å². The zero-order chi connectivity index (χ0) is 15.6. The standard InChI is InChI=1S/C16H25FN2O2/c1-9-10(2)21-11(3)15(9)13(19-18)8-12-6-5-7-14(20-4)16(12)17/h5-7,9-11,13,15,19H,8,18H2,1-4H3. The zero-order valence-corrected chi connectivity index (χ0v) is 13.1. The van der Waals surface area contributed by atoms with Gasteiger partial charge in [0.25, 0.3) is 0 Å². The minimum Gasteiger partial charge on any atom is -0.494 e. The van der Waals surface area contributed by atoms with Crippen LogP contribution < -0.4 is 16.0 Å². The van der Waals surface area contributed by atoms with Crippen LogP contribution in [0.2, 0.25) is 0 Å². The van der Waals surface area contributed by atoms with Gasteiger partial charge >= 0.3 is 0 Å². The second kappa shape index (κ2) is 6.73. The molecule has 1 saturated heterocycles. The topological polar surface area (TPSA) is 56.5 Å². The van der Waals surface area contributed by atoms with E-state index in [1.807, 2.05) is 0 Å². The summed E-state index contributed by atoms with van der Waals surface area (Å²) in [5.41, 5.74) is 3.46. The lowest BCUT2D eigenvalue weighted by atomic mass is 9.81. The molecule has 1 aromatic rings. The molecular weight excluding hydrogens is 271 g/mol. The van der Waals surface area contributed by atoms with Gasteiger partial charge in [0.05, 0.1) is 19.3 Å². The maximum absolute atomic E-state index is 14.3. The summed E-state index contributed by atoms with van der Waals surface area (Å²) in [7, 11) is 1.47. The average molecular weight is 296 g/mol. The van der Waals surface area contributed by atoms with Crippen LogP contribution in [0.3, 0.4) is 0 Å². The Kier molecular flexibility index (Phi) is 5.19. The molecule has 21 heavy (non-hydrogen) atoms. The van der Waals surface area contributed by atoms with E-state index < -0.39 is 0 Å². The van der Waals surface area contributed by atoms with Gasteiger partial charge in [-0.05, 0) is 37.8 Å². The molecule has 0 bridgehead atoms. The maximum Gasteiger partial charge on any atom is 0.168 e. The fourth-order valence-electron chi connectivity index (χ4n) is 3.40. The van der Waals surface area contributed by atoms with Crippen molar-refractivity contribution >= 4 is 0 Å². The van der Waals surface area contributed by atoms with Gasteiger partial charge in [-0.25, -0.2) is 4.39 Å². The number of hydrogen-bond donors (Lipinski definition) is 2.